The number of nitrogens with zero attached hydrogens (tertiary/aromatic N) is 4. The Morgan fingerprint density at radius 3 is 2.78 bits per heavy atom. The van der Waals surface area contributed by atoms with Crippen LogP contribution >= 0.6 is 0 Å². The molecule has 2 heterocycles. The Balaban J connectivity index is 2.26. The summed E-state index contributed by atoms with van der Waals surface area (Å²) in [5.74, 6) is 0.808. The number of pyridine rings is 1. The average molecular weight is 239 g/mol. The SMILES string of the molecule is CNCc1cnc(-n2cncn2)c2ccccc12. The van der Waals surface area contributed by atoms with Crippen LogP contribution in [0, 0.1) is 0 Å². The molecule has 0 saturated heterocycles. The average Bonchev–Trinajstić information content (AvgIpc) is 2.93. The maximum absolute atomic E-state index is 4.49. The van der Waals surface area contributed by atoms with Crippen molar-refractivity contribution >= 4 is 10.8 Å². The molecule has 18 heavy (non-hydrogen) atoms. The highest BCUT2D eigenvalue weighted by atomic mass is 15.3. The summed E-state index contributed by atoms with van der Waals surface area (Å²) >= 11 is 0. The first-order valence-corrected chi connectivity index (χ1v) is 5.76. The van der Waals surface area contributed by atoms with Crippen LogP contribution in [-0.2, 0) is 6.54 Å². The highest BCUT2D eigenvalue weighted by Gasteiger charge is 2.08. The molecular formula is C13H13N5. The Kier molecular flexibility index (Phi) is 2.74. The fourth-order valence-corrected chi connectivity index (χ4v) is 2.07. The monoisotopic (exact) mass is 239 g/mol. The summed E-state index contributed by atoms with van der Waals surface area (Å²) in [5, 5.41) is 9.56. The van der Waals surface area contributed by atoms with Crippen LogP contribution in [-0.4, -0.2) is 26.8 Å². The maximum Gasteiger partial charge on any atom is 0.163 e. The Hall–Kier alpha value is -2.27. The first-order chi connectivity index (χ1) is 8.90. The van der Waals surface area contributed by atoms with Crippen molar-refractivity contribution in [2.45, 2.75) is 6.54 Å². The van der Waals surface area contributed by atoms with E-state index in [9.17, 15) is 0 Å². The number of hydrogen-bond donors (Lipinski definition) is 1. The molecule has 0 unspecified atom stereocenters. The van der Waals surface area contributed by atoms with Crippen LogP contribution in [0.25, 0.3) is 16.6 Å². The molecule has 0 saturated carbocycles. The lowest BCUT2D eigenvalue weighted by Gasteiger charge is -2.09. The summed E-state index contributed by atoms with van der Waals surface area (Å²) in [6.07, 6.45) is 5.06. The van der Waals surface area contributed by atoms with Crippen molar-refractivity contribution in [3.8, 4) is 5.82 Å². The molecule has 0 aliphatic carbocycles. The third kappa shape index (κ3) is 1.74. The number of fused-ring (bicyclic) bond motifs is 1. The van der Waals surface area contributed by atoms with E-state index in [0.29, 0.717) is 0 Å². The maximum atomic E-state index is 4.49. The zero-order valence-corrected chi connectivity index (χ0v) is 10.0. The summed E-state index contributed by atoms with van der Waals surface area (Å²) in [4.78, 5) is 8.45. The second-order valence-corrected chi connectivity index (χ2v) is 4.02. The molecule has 0 spiro atoms. The van der Waals surface area contributed by atoms with Crippen LogP contribution in [0.4, 0.5) is 0 Å². The summed E-state index contributed by atoms with van der Waals surface area (Å²) in [5.41, 5.74) is 1.18. The predicted octanol–water partition coefficient (Wildman–Crippen LogP) is 1.53. The lowest BCUT2D eigenvalue weighted by molar-refractivity contribution is 0.811. The standard InChI is InChI=1S/C13H13N5/c1-14-6-10-7-16-13(18-9-15-8-17-18)12-5-3-2-4-11(10)12/h2-5,7-9,14H,6H2,1H3. The Bertz CT molecular complexity index is 660. The number of nitrogens with one attached hydrogen (secondary N) is 1. The van der Waals surface area contributed by atoms with Gasteiger partial charge in [-0.3, -0.25) is 0 Å². The summed E-state index contributed by atoms with van der Waals surface area (Å²) in [6.45, 7) is 0.797. The Morgan fingerprint density at radius 2 is 2.06 bits per heavy atom. The van der Waals surface area contributed by atoms with E-state index < -0.39 is 0 Å². The van der Waals surface area contributed by atoms with Crippen molar-refractivity contribution < 1.29 is 0 Å². The van der Waals surface area contributed by atoms with Crippen molar-refractivity contribution in [2.75, 3.05) is 7.05 Å². The lowest BCUT2D eigenvalue weighted by Crippen LogP contribution is -2.08. The minimum Gasteiger partial charge on any atom is -0.316 e. The molecular weight excluding hydrogens is 226 g/mol. The Labute approximate surface area is 104 Å². The van der Waals surface area contributed by atoms with E-state index >= 15 is 0 Å². The van der Waals surface area contributed by atoms with Gasteiger partial charge in [0.25, 0.3) is 0 Å². The van der Waals surface area contributed by atoms with Gasteiger partial charge in [-0.2, -0.15) is 5.10 Å². The second-order valence-electron chi connectivity index (χ2n) is 4.02. The van der Waals surface area contributed by atoms with E-state index in [0.717, 1.165) is 17.7 Å². The van der Waals surface area contributed by atoms with Gasteiger partial charge in [-0.15, -0.1) is 0 Å². The fraction of sp³-hybridized carbons (Fsp3) is 0.154. The van der Waals surface area contributed by atoms with Gasteiger partial charge < -0.3 is 5.32 Å². The van der Waals surface area contributed by atoms with E-state index in [1.165, 1.54) is 17.3 Å². The highest BCUT2D eigenvalue weighted by Crippen LogP contribution is 2.22. The third-order valence-electron chi connectivity index (χ3n) is 2.86. The molecule has 2 aromatic heterocycles. The normalized spacial score (nSPS) is 10.9. The molecule has 1 aromatic carbocycles. The zero-order valence-electron chi connectivity index (χ0n) is 10.0. The van der Waals surface area contributed by atoms with Gasteiger partial charge in [-0.1, -0.05) is 24.3 Å². The zero-order chi connectivity index (χ0) is 12.4. The van der Waals surface area contributed by atoms with Crippen molar-refractivity contribution in [3.05, 3.63) is 48.7 Å². The van der Waals surface area contributed by atoms with Crippen LogP contribution < -0.4 is 5.32 Å². The molecule has 3 aromatic rings. The summed E-state index contributed by atoms with van der Waals surface area (Å²) in [6, 6.07) is 8.20. The van der Waals surface area contributed by atoms with E-state index in [1.54, 1.807) is 11.0 Å². The largest absolute Gasteiger partial charge is 0.316 e. The smallest absolute Gasteiger partial charge is 0.163 e. The first-order valence-electron chi connectivity index (χ1n) is 5.76. The van der Waals surface area contributed by atoms with Crippen LogP contribution in [0.5, 0.6) is 0 Å². The predicted molar refractivity (Wildman–Crippen MR) is 69.4 cm³/mol. The number of hydrogen-bond acceptors (Lipinski definition) is 4. The number of benzene rings is 1. The Morgan fingerprint density at radius 1 is 1.22 bits per heavy atom. The number of rotatable bonds is 3. The van der Waals surface area contributed by atoms with Crippen molar-refractivity contribution in [2.24, 2.45) is 0 Å². The fourth-order valence-electron chi connectivity index (χ4n) is 2.07. The molecule has 0 bridgehead atoms. The topological polar surface area (TPSA) is 55.6 Å². The van der Waals surface area contributed by atoms with Gasteiger partial charge in [-0.25, -0.2) is 14.6 Å². The minimum atomic E-state index is 0.797. The number of aromatic nitrogens is 4. The molecule has 0 radical (unpaired) electrons. The van der Waals surface area contributed by atoms with Gasteiger partial charge in [0.15, 0.2) is 5.82 Å². The lowest BCUT2D eigenvalue weighted by atomic mass is 10.1. The van der Waals surface area contributed by atoms with Crippen molar-refractivity contribution in [3.63, 3.8) is 0 Å². The van der Waals surface area contributed by atoms with Crippen LogP contribution in [0.2, 0.25) is 0 Å². The van der Waals surface area contributed by atoms with Crippen LogP contribution in [0.3, 0.4) is 0 Å². The van der Waals surface area contributed by atoms with E-state index in [4.69, 9.17) is 0 Å². The minimum absolute atomic E-state index is 0.797. The summed E-state index contributed by atoms with van der Waals surface area (Å²) in [7, 11) is 1.93. The van der Waals surface area contributed by atoms with Gasteiger partial charge in [-0.05, 0) is 18.0 Å². The molecule has 0 fully saturated rings. The molecule has 3 rings (SSSR count). The van der Waals surface area contributed by atoms with Crippen LogP contribution in [0.1, 0.15) is 5.56 Å². The van der Waals surface area contributed by atoms with Gasteiger partial charge in [0.2, 0.25) is 0 Å². The quantitative estimate of drug-likeness (QED) is 0.753. The second kappa shape index (κ2) is 4.54. The molecule has 0 amide bonds. The molecule has 5 nitrogen and oxygen atoms in total. The highest BCUT2D eigenvalue weighted by molar-refractivity contribution is 5.90. The van der Waals surface area contributed by atoms with Crippen molar-refractivity contribution in [1.82, 2.24) is 25.1 Å². The summed E-state index contributed by atoms with van der Waals surface area (Å²) < 4.78 is 1.69. The molecule has 5 heteroatoms. The van der Waals surface area contributed by atoms with Gasteiger partial charge in [0.1, 0.15) is 12.7 Å². The van der Waals surface area contributed by atoms with Crippen molar-refractivity contribution in [1.29, 1.82) is 0 Å². The third-order valence-corrected chi connectivity index (χ3v) is 2.86. The van der Waals surface area contributed by atoms with E-state index in [2.05, 4.69) is 32.5 Å². The molecule has 0 aliphatic rings. The van der Waals surface area contributed by atoms with Gasteiger partial charge in [0.05, 0.1) is 0 Å². The first kappa shape index (κ1) is 10.9. The van der Waals surface area contributed by atoms with E-state index in [1.807, 2.05) is 25.4 Å². The molecule has 0 aliphatic heterocycles. The van der Waals surface area contributed by atoms with E-state index in [-0.39, 0.29) is 0 Å². The molecule has 1 N–H and O–H groups in total. The molecule has 0 atom stereocenters. The van der Waals surface area contributed by atoms with Gasteiger partial charge in [0, 0.05) is 18.1 Å². The van der Waals surface area contributed by atoms with Gasteiger partial charge >= 0.3 is 0 Å². The van der Waals surface area contributed by atoms with Crippen LogP contribution in [0.15, 0.2) is 43.1 Å². The molecule has 90 valence electrons.